The van der Waals surface area contributed by atoms with Crippen LogP contribution in [0.2, 0.25) is 0 Å². The van der Waals surface area contributed by atoms with E-state index in [1.807, 2.05) is 0 Å². The molecule has 9 heteroatoms. The molecule has 2 amide bonds. The van der Waals surface area contributed by atoms with Gasteiger partial charge in [0, 0.05) is 12.0 Å². The smallest absolute Gasteiger partial charge is 0.433 e. The normalized spacial score (nSPS) is 11.9. The van der Waals surface area contributed by atoms with E-state index in [2.05, 4.69) is 15.6 Å². The van der Waals surface area contributed by atoms with Gasteiger partial charge in [-0.15, -0.1) is 0 Å². The molecule has 0 atom stereocenters. The average Bonchev–Trinajstić information content (AvgIpc) is 2.35. The number of carboxylic acids is 1. The van der Waals surface area contributed by atoms with Gasteiger partial charge in [0.1, 0.15) is 5.69 Å². The summed E-state index contributed by atoms with van der Waals surface area (Å²) in [5.41, 5.74) is -1.73. The van der Waals surface area contributed by atoms with Crippen molar-refractivity contribution in [3.8, 4) is 0 Å². The number of aromatic nitrogens is 1. The Labute approximate surface area is 124 Å². The molecule has 0 radical (unpaired) electrons. The Morgan fingerprint density at radius 3 is 2.36 bits per heavy atom. The first-order valence-corrected chi connectivity index (χ1v) is 6.34. The summed E-state index contributed by atoms with van der Waals surface area (Å²) in [7, 11) is 0. The number of rotatable bonds is 5. The van der Waals surface area contributed by atoms with Crippen molar-refractivity contribution in [2.75, 3.05) is 5.32 Å². The van der Waals surface area contributed by atoms with E-state index in [4.69, 9.17) is 5.11 Å². The minimum absolute atomic E-state index is 0.0968. The van der Waals surface area contributed by atoms with E-state index in [-0.39, 0.29) is 18.5 Å². The van der Waals surface area contributed by atoms with Crippen molar-refractivity contribution in [1.29, 1.82) is 0 Å². The maximum Gasteiger partial charge on any atom is 0.433 e. The molecule has 6 nitrogen and oxygen atoms in total. The van der Waals surface area contributed by atoms with Crippen molar-refractivity contribution < 1.29 is 27.9 Å². The summed E-state index contributed by atoms with van der Waals surface area (Å²) in [5, 5.41) is 13.5. The number of urea groups is 1. The molecule has 1 heterocycles. The van der Waals surface area contributed by atoms with Crippen LogP contribution < -0.4 is 10.6 Å². The van der Waals surface area contributed by atoms with E-state index in [1.165, 1.54) is 0 Å². The zero-order chi connectivity index (χ0) is 17.0. The lowest BCUT2D eigenvalue weighted by molar-refractivity contribution is -0.141. The summed E-state index contributed by atoms with van der Waals surface area (Å²) in [6.07, 6.45) is -3.55. The molecule has 0 unspecified atom stereocenters. The molecule has 1 aromatic rings. The van der Waals surface area contributed by atoms with Crippen molar-refractivity contribution in [3.63, 3.8) is 0 Å². The van der Waals surface area contributed by atoms with Gasteiger partial charge in [-0.05, 0) is 32.4 Å². The number of nitrogens with one attached hydrogen (secondary N) is 2. The average molecular weight is 319 g/mol. The molecule has 122 valence electrons. The van der Waals surface area contributed by atoms with Crippen LogP contribution in [0.1, 0.15) is 32.4 Å². The van der Waals surface area contributed by atoms with Crippen molar-refractivity contribution in [3.05, 3.63) is 24.0 Å². The number of carbonyl (C=O) groups excluding carboxylic acids is 1. The quantitative estimate of drug-likeness (QED) is 0.778. The maximum absolute atomic E-state index is 12.3. The maximum atomic E-state index is 12.3. The van der Waals surface area contributed by atoms with Crippen LogP contribution in [0, 0.1) is 0 Å². The highest BCUT2D eigenvalue weighted by atomic mass is 19.4. The Morgan fingerprint density at radius 1 is 1.27 bits per heavy atom. The minimum atomic E-state index is -4.54. The molecule has 0 aromatic carbocycles. The van der Waals surface area contributed by atoms with Crippen LogP contribution in [0.15, 0.2) is 18.3 Å². The third-order valence-corrected chi connectivity index (χ3v) is 2.73. The highest BCUT2D eigenvalue weighted by molar-refractivity contribution is 5.89. The third-order valence-electron chi connectivity index (χ3n) is 2.73. The van der Waals surface area contributed by atoms with Gasteiger partial charge in [0.05, 0.1) is 11.9 Å². The van der Waals surface area contributed by atoms with Crippen LogP contribution in [0.3, 0.4) is 0 Å². The number of halogens is 3. The van der Waals surface area contributed by atoms with Gasteiger partial charge in [0.25, 0.3) is 0 Å². The largest absolute Gasteiger partial charge is 0.481 e. The first kappa shape index (κ1) is 17.7. The fraction of sp³-hybridized carbons (Fsp3) is 0.462. The van der Waals surface area contributed by atoms with Crippen molar-refractivity contribution in [2.24, 2.45) is 0 Å². The highest BCUT2D eigenvalue weighted by Crippen LogP contribution is 2.27. The summed E-state index contributed by atoms with van der Waals surface area (Å²) < 4.78 is 37.0. The fourth-order valence-corrected chi connectivity index (χ4v) is 1.59. The summed E-state index contributed by atoms with van der Waals surface area (Å²) in [6, 6.07) is 1.18. The number of hydrogen-bond acceptors (Lipinski definition) is 3. The summed E-state index contributed by atoms with van der Waals surface area (Å²) in [5.74, 6) is -0.984. The van der Waals surface area contributed by atoms with Crippen LogP contribution in [-0.4, -0.2) is 27.6 Å². The Balaban J connectivity index is 2.60. The number of aliphatic carboxylic acids is 1. The molecule has 3 N–H and O–H groups in total. The summed E-state index contributed by atoms with van der Waals surface area (Å²) in [4.78, 5) is 25.5. The number of nitrogens with zero attached hydrogens (tertiary/aromatic N) is 1. The third kappa shape index (κ3) is 5.98. The van der Waals surface area contributed by atoms with Crippen LogP contribution in [0.5, 0.6) is 0 Å². The number of pyridine rings is 1. The molecular weight excluding hydrogens is 303 g/mol. The van der Waals surface area contributed by atoms with Gasteiger partial charge in [0.15, 0.2) is 0 Å². The molecular formula is C13H16F3N3O3. The second-order valence-corrected chi connectivity index (χ2v) is 5.29. The highest BCUT2D eigenvalue weighted by Gasteiger charge is 2.32. The summed E-state index contributed by atoms with van der Waals surface area (Å²) >= 11 is 0. The van der Waals surface area contributed by atoms with E-state index in [0.29, 0.717) is 0 Å². The van der Waals surface area contributed by atoms with Gasteiger partial charge in [-0.1, -0.05) is 0 Å². The number of carboxylic acid groups (broad SMARTS) is 1. The van der Waals surface area contributed by atoms with Crippen LogP contribution in [0.4, 0.5) is 23.7 Å². The monoisotopic (exact) mass is 319 g/mol. The SMILES string of the molecule is CC(C)(CCC(=O)O)NC(=O)Nc1ccc(C(F)(F)F)nc1. The summed E-state index contributed by atoms with van der Waals surface area (Å²) in [6.45, 7) is 3.28. The van der Waals surface area contributed by atoms with Gasteiger partial charge in [-0.25, -0.2) is 9.78 Å². The Bertz CT molecular complexity index is 542. The number of anilines is 1. The number of alkyl halides is 3. The molecule has 22 heavy (non-hydrogen) atoms. The molecule has 1 aromatic heterocycles. The van der Waals surface area contributed by atoms with E-state index in [0.717, 1.165) is 18.3 Å². The molecule has 1 rings (SSSR count). The topological polar surface area (TPSA) is 91.3 Å². The Morgan fingerprint density at radius 2 is 1.91 bits per heavy atom. The van der Waals surface area contributed by atoms with Crippen molar-refractivity contribution in [1.82, 2.24) is 10.3 Å². The predicted molar refractivity (Wildman–Crippen MR) is 72.3 cm³/mol. The number of carbonyl (C=O) groups is 2. The van der Waals surface area contributed by atoms with Gasteiger partial charge in [-0.2, -0.15) is 13.2 Å². The molecule has 0 aliphatic carbocycles. The number of amides is 2. The van der Waals surface area contributed by atoms with E-state index in [1.54, 1.807) is 13.8 Å². The number of hydrogen-bond donors (Lipinski definition) is 3. The lowest BCUT2D eigenvalue weighted by Gasteiger charge is -2.25. The Kier molecular flexibility index (Phi) is 5.34. The van der Waals surface area contributed by atoms with Crippen LogP contribution in [-0.2, 0) is 11.0 Å². The van der Waals surface area contributed by atoms with E-state index in [9.17, 15) is 22.8 Å². The van der Waals surface area contributed by atoms with Crippen LogP contribution in [0.25, 0.3) is 0 Å². The molecule has 0 bridgehead atoms. The standard InChI is InChI=1S/C13H16F3N3O3/c1-12(2,6-5-10(20)21)19-11(22)18-8-3-4-9(17-7-8)13(14,15)16/h3-4,7H,5-6H2,1-2H3,(H,20,21)(H2,18,19,22). The first-order valence-electron chi connectivity index (χ1n) is 6.34. The molecule has 0 aliphatic heterocycles. The van der Waals surface area contributed by atoms with Crippen molar-refractivity contribution >= 4 is 17.7 Å². The van der Waals surface area contributed by atoms with E-state index < -0.39 is 29.4 Å². The first-order chi connectivity index (χ1) is 9.99. The van der Waals surface area contributed by atoms with E-state index >= 15 is 0 Å². The lowest BCUT2D eigenvalue weighted by Crippen LogP contribution is -2.45. The van der Waals surface area contributed by atoms with Gasteiger partial charge in [-0.3, -0.25) is 4.79 Å². The molecule has 0 saturated carbocycles. The van der Waals surface area contributed by atoms with Gasteiger partial charge < -0.3 is 15.7 Å². The second-order valence-electron chi connectivity index (χ2n) is 5.29. The molecule has 0 aliphatic rings. The second kappa shape index (κ2) is 6.63. The van der Waals surface area contributed by atoms with Gasteiger partial charge in [0.2, 0.25) is 0 Å². The molecule has 0 spiro atoms. The lowest BCUT2D eigenvalue weighted by atomic mass is 9.99. The van der Waals surface area contributed by atoms with Crippen LogP contribution >= 0.6 is 0 Å². The van der Waals surface area contributed by atoms with Crippen molar-refractivity contribution in [2.45, 2.75) is 38.4 Å². The molecule has 0 fully saturated rings. The zero-order valence-corrected chi connectivity index (χ0v) is 12.0. The zero-order valence-electron chi connectivity index (χ0n) is 12.0. The Hall–Kier alpha value is -2.32. The minimum Gasteiger partial charge on any atom is -0.481 e. The van der Waals surface area contributed by atoms with Gasteiger partial charge >= 0.3 is 18.2 Å². The predicted octanol–water partition coefficient (Wildman–Crippen LogP) is 2.87. The molecule has 0 saturated heterocycles. The fourth-order valence-electron chi connectivity index (χ4n) is 1.59.